The van der Waals surface area contributed by atoms with Crippen LogP contribution in [0.2, 0.25) is 0 Å². The number of aliphatic hydroxyl groups excluding tert-OH is 1. The van der Waals surface area contributed by atoms with Gasteiger partial charge in [-0.15, -0.1) is 0 Å². The van der Waals surface area contributed by atoms with Crippen LogP contribution in [0.15, 0.2) is 48.5 Å². The van der Waals surface area contributed by atoms with Crippen LogP contribution in [0.3, 0.4) is 0 Å². The second kappa shape index (κ2) is 5.97. The number of carbonyl (C=O) groups excluding carboxylic acids is 1. The molecule has 0 radical (unpaired) electrons. The lowest BCUT2D eigenvalue weighted by Crippen LogP contribution is -2.46. The van der Waals surface area contributed by atoms with Gasteiger partial charge in [0.25, 0.3) is 5.91 Å². The molecule has 1 atom stereocenters. The topological polar surface area (TPSA) is 69.6 Å². The summed E-state index contributed by atoms with van der Waals surface area (Å²) in [6.45, 7) is 3.32. The number of rotatable bonds is 4. The summed E-state index contributed by atoms with van der Waals surface area (Å²) < 4.78 is 0. The highest BCUT2D eigenvalue weighted by atomic mass is 16.3. The first-order valence-electron chi connectivity index (χ1n) is 6.75. The van der Waals surface area contributed by atoms with Gasteiger partial charge in [-0.2, -0.15) is 0 Å². The number of aryl methyl sites for hydroxylation is 1. The maximum atomic E-state index is 12.4. The molecule has 21 heavy (non-hydrogen) atoms. The second-order valence-corrected chi connectivity index (χ2v) is 5.31. The summed E-state index contributed by atoms with van der Waals surface area (Å²) in [4.78, 5) is 12.4. The third-order valence-corrected chi connectivity index (χ3v) is 3.57. The van der Waals surface area contributed by atoms with Gasteiger partial charge in [0.1, 0.15) is 5.75 Å². The van der Waals surface area contributed by atoms with E-state index in [1.165, 1.54) is 12.1 Å². The van der Waals surface area contributed by atoms with Crippen LogP contribution in [0, 0.1) is 6.92 Å². The van der Waals surface area contributed by atoms with Crippen LogP contribution >= 0.6 is 0 Å². The van der Waals surface area contributed by atoms with E-state index < -0.39 is 5.54 Å². The first-order valence-corrected chi connectivity index (χ1v) is 6.75. The number of phenolic OH excluding ortho intramolecular Hbond substituents is 1. The quantitative estimate of drug-likeness (QED) is 0.807. The van der Waals surface area contributed by atoms with Crippen molar-refractivity contribution in [2.24, 2.45) is 0 Å². The molecular formula is C17H19NO3. The van der Waals surface area contributed by atoms with Crippen molar-refractivity contribution in [1.29, 1.82) is 0 Å². The SMILES string of the molecule is Cc1cc(O)ccc1C(=O)NC(C)(CO)c1ccccc1. The van der Waals surface area contributed by atoms with E-state index in [1.54, 1.807) is 19.9 Å². The third kappa shape index (κ3) is 3.23. The standard InChI is InChI=1S/C17H19NO3/c1-12-10-14(20)8-9-15(12)16(21)18-17(2,11-19)13-6-4-3-5-7-13/h3-10,19-20H,11H2,1-2H3,(H,18,21). The molecule has 0 spiro atoms. The van der Waals surface area contributed by atoms with Crippen LogP contribution in [-0.2, 0) is 5.54 Å². The minimum atomic E-state index is -0.858. The Morgan fingerprint density at radius 2 is 1.86 bits per heavy atom. The monoisotopic (exact) mass is 285 g/mol. The molecule has 0 fully saturated rings. The predicted molar refractivity (Wildman–Crippen MR) is 81.2 cm³/mol. The van der Waals surface area contributed by atoms with E-state index in [-0.39, 0.29) is 18.3 Å². The van der Waals surface area contributed by atoms with Crippen molar-refractivity contribution >= 4 is 5.91 Å². The number of phenols is 1. The van der Waals surface area contributed by atoms with E-state index in [4.69, 9.17) is 0 Å². The summed E-state index contributed by atoms with van der Waals surface area (Å²) >= 11 is 0. The van der Waals surface area contributed by atoms with Gasteiger partial charge >= 0.3 is 0 Å². The molecule has 0 aliphatic carbocycles. The van der Waals surface area contributed by atoms with Crippen molar-refractivity contribution in [3.05, 3.63) is 65.2 Å². The lowest BCUT2D eigenvalue weighted by molar-refractivity contribution is 0.0849. The van der Waals surface area contributed by atoms with Gasteiger partial charge in [0.05, 0.1) is 12.1 Å². The van der Waals surface area contributed by atoms with Crippen LogP contribution < -0.4 is 5.32 Å². The van der Waals surface area contributed by atoms with Gasteiger partial charge in [0.2, 0.25) is 0 Å². The minimum absolute atomic E-state index is 0.122. The Bertz CT molecular complexity index is 640. The second-order valence-electron chi connectivity index (χ2n) is 5.31. The predicted octanol–water partition coefficient (Wildman–Crippen LogP) is 2.34. The van der Waals surface area contributed by atoms with Gasteiger partial charge < -0.3 is 15.5 Å². The van der Waals surface area contributed by atoms with E-state index in [2.05, 4.69) is 5.32 Å². The van der Waals surface area contributed by atoms with Crippen molar-refractivity contribution in [1.82, 2.24) is 5.32 Å². The van der Waals surface area contributed by atoms with Crippen molar-refractivity contribution in [3.8, 4) is 5.75 Å². The fraction of sp³-hybridized carbons (Fsp3) is 0.235. The maximum absolute atomic E-state index is 12.4. The first-order chi connectivity index (χ1) is 9.96. The highest BCUT2D eigenvalue weighted by Gasteiger charge is 2.28. The molecule has 0 saturated heterocycles. The minimum Gasteiger partial charge on any atom is -0.508 e. The number of hydrogen-bond acceptors (Lipinski definition) is 3. The van der Waals surface area contributed by atoms with E-state index in [0.29, 0.717) is 11.1 Å². The molecule has 2 rings (SSSR count). The van der Waals surface area contributed by atoms with Crippen LogP contribution in [0.1, 0.15) is 28.4 Å². The fourth-order valence-corrected chi connectivity index (χ4v) is 2.23. The molecule has 0 bridgehead atoms. The van der Waals surface area contributed by atoms with Crippen molar-refractivity contribution < 1.29 is 15.0 Å². The molecule has 2 aromatic carbocycles. The lowest BCUT2D eigenvalue weighted by Gasteiger charge is -2.29. The molecule has 1 amide bonds. The van der Waals surface area contributed by atoms with E-state index in [1.807, 2.05) is 30.3 Å². The molecule has 0 aromatic heterocycles. The van der Waals surface area contributed by atoms with E-state index in [9.17, 15) is 15.0 Å². The largest absolute Gasteiger partial charge is 0.508 e. The van der Waals surface area contributed by atoms with Crippen LogP contribution in [0.4, 0.5) is 0 Å². The van der Waals surface area contributed by atoms with E-state index >= 15 is 0 Å². The molecule has 3 N–H and O–H groups in total. The van der Waals surface area contributed by atoms with Crippen LogP contribution in [0.25, 0.3) is 0 Å². The molecule has 110 valence electrons. The average molecular weight is 285 g/mol. The normalized spacial score (nSPS) is 13.5. The van der Waals surface area contributed by atoms with Gasteiger partial charge in [-0.3, -0.25) is 4.79 Å². The number of nitrogens with one attached hydrogen (secondary N) is 1. The first kappa shape index (κ1) is 15.1. The number of amides is 1. The molecule has 0 aliphatic rings. The molecule has 4 nitrogen and oxygen atoms in total. The Morgan fingerprint density at radius 3 is 2.43 bits per heavy atom. The molecule has 2 aromatic rings. The zero-order valence-electron chi connectivity index (χ0n) is 12.1. The Morgan fingerprint density at radius 1 is 1.19 bits per heavy atom. The van der Waals surface area contributed by atoms with Crippen molar-refractivity contribution in [2.75, 3.05) is 6.61 Å². The average Bonchev–Trinajstić information content (AvgIpc) is 2.47. The maximum Gasteiger partial charge on any atom is 0.252 e. The molecule has 0 aliphatic heterocycles. The van der Waals surface area contributed by atoms with Crippen molar-refractivity contribution in [3.63, 3.8) is 0 Å². The molecular weight excluding hydrogens is 266 g/mol. The van der Waals surface area contributed by atoms with Gasteiger partial charge in [0, 0.05) is 5.56 Å². The summed E-state index contributed by atoms with van der Waals surface area (Å²) in [6, 6.07) is 13.9. The smallest absolute Gasteiger partial charge is 0.252 e. The summed E-state index contributed by atoms with van der Waals surface area (Å²) in [6.07, 6.45) is 0. The Hall–Kier alpha value is -2.33. The Kier molecular flexibility index (Phi) is 4.29. The van der Waals surface area contributed by atoms with Gasteiger partial charge in [-0.05, 0) is 43.2 Å². The summed E-state index contributed by atoms with van der Waals surface area (Å²) in [7, 11) is 0. The zero-order valence-corrected chi connectivity index (χ0v) is 12.1. The van der Waals surface area contributed by atoms with Crippen molar-refractivity contribution in [2.45, 2.75) is 19.4 Å². The molecule has 0 saturated carbocycles. The fourth-order valence-electron chi connectivity index (χ4n) is 2.23. The third-order valence-electron chi connectivity index (χ3n) is 3.57. The van der Waals surface area contributed by atoms with E-state index in [0.717, 1.165) is 5.56 Å². The highest BCUT2D eigenvalue weighted by Crippen LogP contribution is 2.22. The highest BCUT2D eigenvalue weighted by molar-refractivity contribution is 5.96. The number of aliphatic hydroxyl groups is 1. The lowest BCUT2D eigenvalue weighted by atomic mass is 9.92. The summed E-state index contributed by atoms with van der Waals surface area (Å²) in [5, 5.41) is 22.0. The molecule has 0 heterocycles. The van der Waals surface area contributed by atoms with Gasteiger partial charge in [-0.1, -0.05) is 30.3 Å². The van der Waals surface area contributed by atoms with Gasteiger partial charge in [0.15, 0.2) is 0 Å². The summed E-state index contributed by atoms with van der Waals surface area (Å²) in [5.41, 5.74) is 1.13. The van der Waals surface area contributed by atoms with Crippen LogP contribution in [0.5, 0.6) is 5.75 Å². The molecule has 1 unspecified atom stereocenters. The Labute approximate surface area is 124 Å². The molecule has 4 heteroatoms. The number of carbonyl (C=O) groups is 1. The number of benzene rings is 2. The Balaban J connectivity index is 2.28. The van der Waals surface area contributed by atoms with Crippen LogP contribution in [-0.4, -0.2) is 22.7 Å². The number of aromatic hydroxyl groups is 1. The summed E-state index contributed by atoms with van der Waals surface area (Å²) in [5.74, 6) is -0.162. The number of hydrogen-bond donors (Lipinski definition) is 3. The van der Waals surface area contributed by atoms with Gasteiger partial charge in [-0.25, -0.2) is 0 Å². The zero-order chi connectivity index (χ0) is 15.5.